The second kappa shape index (κ2) is 10.3. The van der Waals surface area contributed by atoms with E-state index in [-0.39, 0.29) is 6.42 Å². The van der Waals surface area contributed by atoms with E-state index in [1.807, 2.05) is 6.92 Å². The van der Waals surface area contributed by atoms with Gasteiger partial charge in [0, 0.05) is 11.6 Å². The fraction of sp³-hybridized carbons (Fsp3) is 0.500. The van der Waals surface area contributed by atoms with Crippen molar-refractivity contribution in [3.8, 4) is 5.75 Å². The van der Waals surface area contributed by atoms with Crippen LogP contribution in [0.4, 0.5) is 0 Å². The Bertz CT molecular complexity index is 556. The molecule has 0 aliphatic rings. The van der Waals surface area contributed by atoms with Gasteiger partial charge >= 0.3 is 0 Å². The minimum atomic E-state index is -1.51. The standard InChI is InChI=1S/C16H25N3O4S/c1-3-24-9-8-12(17)15(21)16(22)19(18)14(20)10-11-6-4-5-7-13(11)23-2/h4-7,12,15,21H,3,8-10,17-18H2,1-2H3/t12-,15?/m1/s1. The van der Waals surface area contributed by atoms with Crippen LogP contribution in [0.15, 0.2) is 24.3 Å². The number of hydrogen-bond donors (Lipinski definition) is 3. The van der Waals surface area contributed by atoms with E-state index in [1.165, 1.54) is 7.11 Å². The number of methoxy groups -OCH3 is 1. The minimum Gasteiger partial charge on any atom is -0.496 e. The molecule has 2 atom stereocenters. The summed E-state index contributed by atoms with van der Waals surface area (Å²) in [4.78, 5) is 24.3. The highest BCUT2D eigenvalue weighted by Gasteiger charge is 2.29. The van der Waals surface area contributed by atoms with Crippen molar-refractivity contribution in [3.05, 3.63) is 29.8 Å². The second-order valence-electron chi connectivity index (χ2n) is 5.18. The lowest BCUT2D eigenvalue weighted by atomic mass is 10.1. The van der Waals surface area contributed by atoms with E-state index in [4.69, 9.17) is 16.3 Å². The van der Waals surface area contributed by atoms with Crippen molar-refractivity contribution in [3.63, 3.8) is 0 Å². The molecule has 0 heterocycles. The fourth-order valence-electron chi connectivity index (χ4n) is 2.07. The largest absolute Gasteiger partial charge is 0.496 e. The third kappa shape index (κ3) is 5.79. The monoisotopic (exact) mass is 355 g/mol. The summed E-state index contributed by atoms with van der Waals surface area (Å²) in [5.74, 6) is 6.21. The van der Waals surface area contributed by atoms with Gasteiger partial charge in [0.2, 0.25) is 5.91 Å². The highest BCUT2D eigenvalue weighted by molar-refractivity contribution is 7.99. The molecule has 0 spiro atoms. The molecule has 134 valence electrons. The van der Waals surface area contributed by atoms with E-state index < -0.39 is 24.0 Å². The predicted octanol–water partition coefficient (Wildman–Crippen LogP) is 0.298. The second-order valence-corrected chi connectivity index (χ2v) is 6.58. The first-order valence-corrected chi connectivity index (χ1v) is 8.82. The SMILES string of the molecule is CCSCC[C@@H](N)C(O)C(=O)N(N)C(=O)Cc1ccccc1OC. The third-order valence-electron chi connectivity index (χ3n) is 3.50. The van der Waals surface area contributed by atoms with E-state index >= 15 is 0 Å². The van der Waals surface area contributed by atoms with Crippen molar-refractivity contribution in [2.75, 3.05) is 18.6 Å². The fourth-order valence-corrected chi connectivity index (χ4v) is 2.79. The third-order valence-corrected chi connectivity index (χ3v) is 4.43. The summed E-state index contributed by atoms with van der Waals surface area (Å²) in [6.07, 6.45) is -1.16. The van der Waals surface area contributed by atoms with Crippen LogP contribution in [0.1, 0.15) is 18.9 Å². The number of aliphatic hydroxyl groups excluding tert-OH is 1. The zero-order valence-electron chi connectivity index (χ0n) is 14.0. The number of carbonyl (C=O) groups excluding carboxylic acids is 2. The lowest BCUT2D eigenvalue weighted by molar-refractivity contribution is -0.151. The molecule has 0 fully saturated rings. The van der Waals surface area contributed by atoms with Crippen LogP contribution in [0, 0.1) is 0 Å². The number of nitrogens with zero attached hydrogens (tertiary/aromatic N) is 1. The van der Waals surface area contributed by atoms with Gasteiger partial charge in [-0.3, -0.25) is 9.59 Å². The average Bonchev–Trinajstić information content (AvgIpc) is 2.60. The van der Waals surface area contributed by atoms with Gasteiger partial charge in [0.25, 0.3) is 5.91 Å². The summed E-state index contributed by atoms with van der Waals surface area (Å²) in [7, 11) is 1.49. The smallest absolute Gasteiger partial charge is 0.273 e. The van der Waals surface area contributed by atoms with Crippen LogP contribution in [0.3, 0.4) is 0 Å². The summed E-state index contributed by atoms with van der Waals surface area (Å²) in [5.41, 5.74) is 6.40. The van der Waals surface area contributed by atoms with Gasteiger partial charge in [0.05, 0.1) is 13.5 Å². The Morgan fingerprint density at radius 2 is 2.04 bits per heavy atom. The molecule has 0 radical (unpaired) electrons. The van der Waals surface area contributed by atoms with Crippen molar-refractivity contribution in [2.24, 2.45) is 11.6 Å². The molecule has 0 aromatic heterocycles. The molecular weight excluding hydrogens is 330 g/mol. The molecule has 1 unspecified atom stereocenters. The summed E-state index contributed by atoms with van der Waals surface area (Å²) in [6.45, 7) is 2.01. The number of para-hydroxylation sites is 1. The number of rotatable bonds is 9. The molecule has 1 rings (SSSR count). The number of amides is 2. The Balaban J connectivity index is 2.65. The van der Waals surface area contributed by atoms with Gasteiger partial charge in [-0.2, -0.15) is 11.8 Å². The molecule has 0 saturated heterocycles. The Labute approximate surface area is 146 Å². The van der Waals surface area contributed by atoms with Crippen LogP contribution in [-0.2, 0) is 16.0 Å². The number of hydrogen-bond acceptors (Lipinski definition) is 7. The van der Waals surface area contributed by atoms with Gasteiger partial charge < -0.3 is 15.6 Å². The van der Waals surface area contributed by atoms with Gasteiger partial charge in [-0.05, 0) is 24.0 Å². The number of ether oxygens (including phenoxy) is 1. The molecule has 0 saturated carbocycles. The Morgan fingerprint density at radius 3 is 2.67 bits per heavy atom. The maximum Gasteiger partial charge on any atom is 0.273 e. The molecule has 24 heavy (non-hydrogen) atoms. The first kappa shape index (κ1) is 20.4. The number of carbonyl (C=O) groups is 2. The van der Waals surface area contributed by atoms with Gasteiger partial charge in [-0.1, -0.05) is 25.1 Å². The van der Waals surface area contributed by atoms with Crippen molar-refractivity contribution in [1.29, 1.82) is 0 Å². The Kier molecular flexibility index (Phi) is 8.77. The van der Waals surface area contributed by atoms with Crippen LogP contribution >= 0.6 is 11.8 Å². The van der Waals surface area contributed by atoms with E-state index in [0.29, 0.717) is 22.7 Å². The van der Waals surface area contributed by atoms with Gasteiger partial charge in [-0.25, -0.2) is 10.9 Å². The zero-order valence-corrected chi connectivity index (χ0v) is 14.8. The molecule has 5 N–H and O–H groups in total. The van der Waals surface area contributed by atoms with Gasteiger partial charge in [0.1, 0.15) is 11.9 Å². The number of benzene rings is 1. The predicted molar refractivity (Wildman–Crippen MR) is 94.3 cm³/mol. The Hall–Kier alpha value is -1.61. The maximum atomic E-state index is 12.2. The van der Waals surface area contributed by atoms with Gasteiger partial charge in [-0.15, -0.1) is 0 Å². The topological polar surface area (TPSA) is 119 Å². The summed E-state index contributed by atoms with van der Waals surface area (Å²) < 4.78 is 5.16. The molecule has 2 amide bonds. The van der Waals surface area contributed by atoms with Gasteiger partial charge in [0.15, 0.2) is 0 Å². The summed E-state index contributed by atoms with van der Waals surface area (Å²) in [6, 6.07) is 6.18. The molecular formula is C16H25N3O4S. The van der Waals surface area contributed by atoms with Crippen LogP contribution < -0.4 is 16.3 Å². The molecule has 0 aliphatic carbocycles. The normalized spacial score (nSPS) is 13.2. The van der Waals surface area contributed by atoms with Crippen LogP contribution in [0.2, 0.25) is 0 Å². The van der Waals surface area contributed by atoms with E-state index in [2.05, 4.69) is 0 Å². The number of imide groups is 1. The van der Waals surface area contributed by atoms with E-state index in [9.17, 15) is 14.7 Å². The molecule has 0 bridgehead atoms. The maximum absolute atomic E-state index is 12.2. The van der Waals surface area contributed by atoms with Crippen molar-refractivity contribution in [2.45, 2.75) is 31.9 Å². The molecule has 1 aromatic carbocycles. The Morgan fingerprint density at radius 1 is 1.38 bits per heavy atom. The molecule has 8 heteroatoms. The summed E-state index contributed by atoms with van der Waals surface area (Å²) >= 11 is 1.66. The van der Waals surface area contributed by atoms with Crippen LogP contribution in [-0.4, -0.2) is 52.7 Å². The summed E-state index contributed by atoms with van der Waals surface area (Å²) in [5, 5.41) is 10.4. The number of aliphatic hydroxyl groups is 1. The highest BCUT2D eigenvalue weighted by atomic mass is 32.2. The van der Waals surface area contributed by atoms with Crippen molar-refractivity contribution >= 4 is 23.6 Å². The molecule has 0 aliphatic heterocycles. The highest BCUT2D eigenvalue weighted by Crippen LogP contribution is 2.18. The van der Waals surface area contributed by atoms with Crippen molar-refractivity contribution < 1.29 is 19.4 Å². The number of thioether (sulfide) groups is 1. The lowest BCUT2D eigenvalue weighted by Crippen LogP contribution is -2.53. The lowest BCUT2D eigenvalue weighted by Gasteiger charge is -2.22. The first-order chi connectivity index (χ1) is 11.4. The number of hydrazine groups is 1. The van der Waals surface area contributed by atoms with Crippen molar-refractivity contribution in [1.82, 2.24) is 5.01 Å². The first-order valence-electron chi connectivity index (χ1n) is 7.67. The van der Waals surface area contributed by atoms with Crippen LogP contribution in [0.25, 0.3) is 0 Å². The molecule has 7 nitrogen and oxygen atoms in total. The van der Waals surface area contributed by atoms with Crippen LogP contribution in [0.5, 0.6) is 5.75 Å². The average molecular weight is 355 g/mol. The number of nitrogens with two attached hydrogens (primary N) is 2. The molecule has 1 aromatic rings. The quantitative estimate of drug-likeness (QED) is 0.252. The van der Waals surface area contributed by atoms with E-state index in [0.717, 1.165) is 11.5 Å². The van der Waals surface area contributed by atoms with E-state index in [1.54, 1.807) is 36.0 Å². The zero-order chi connectivity index (χ0) is 18.1. The minimum absolute atomic E-state index is 0.111.